The number of nitrogens with zero attached hydrogens (tertiary/aromatic N) is 1. The molecule has 1 heterocycles. The fraction of sp³-hybridized carbons (Fsp3) is 0.417. The van der Waals surface area contributed by atoms with Gasteiger partial charge < -0.3 is 15.2 Å². The summed E-state index contributed by atoms with van der Waals surface area (Å²) in [5.41, 5.74) is 0.999. The highest BCUT2D eigenvalue weighted by Gasteiger charge is 2.10. The van der Waals surface area contributed by atoms with Crippen molar-refractivity contribution in [3.8, 4) is 0 Å². The number of nitrogens with one attached hydrogen (secondary N) is 1. The number of carbonyl (C=O) groups is 2. The Balaban J connectivity index is 2.56. The second-order valence-electron chi connectivity index (χ2n) is 3.75. The van der Waals surface area contributed by atoms with Gasteiger partial charge >= 0.3 is 11.9 Å². The number of rotatable bonds is 6. The third-order valence-electron chi connectivity index (χ3n) is 2.36. The first-order chi connectivity index (χ1) is 8.54. The van der Waals surface area contributed by atoms with Crippen LogP contribution < -0.4 is 5.32 Å². The number of methoxy groups -OCH3 is 1. The van der Waals surface area contributed by atoms with Gasteiger partial charge in [0.15, 0.2) is 0 Å². The number of aliphatic carboxylic acids is 1. The number of carboxylic acid groups (broad SMARTS) is 1. The monoisotopic (exact) mass is 252 g/mol. The molecule has 0 radical (unpaired) electrons. The van der Waals surface area contributed by atoms with Crippen molar-refractivity contribution in [1.82, 2.24) is 4.98 Å². The number of pyridine rings is 1. The Hall–Kier alpha value is -2.11. The van der Waals surface area contributed by atoms with Gasteiger partial charge in [-0.1, -0.05) is 0 Å². The molecule has 0 unspecified atom stereocenters. The summed E-state index contributed by atoms with van der Waals surface area (Å²) in [6, 6.07) is 3.30. The maximum absolute atomic E-state index is 11.3. The van der Waals surface area contributed by atoms with Gasteiger partial charge in [0.1, 0.15) is 5.82 Å². The van der Waals surface area contributed by atoms with Gasteiger partial charge in [-0.05, 0) is 25.5 Å². The van der Waals surface area contributed by atoms with Gasteiger partial charge in [0.25, 0.3) is 0 Å². The fourth-order valence-corrected chi connectivity index (χ4v) is 1.44. The summed E-state index contributed by atoms with van der Waals surface area (Å²) in [6.07, 6.45) is 0.640. The SMILES string of the molecule is COC(=O)c1ccc(NCCCC(=O)O)nc1C. The Bertz CT molecular complexity index is 446. The lowest BCUT2D eigenvalue weighted by molar-refractivity contribution is -0.137. The van der Waals surface area contributed by atoms with Crippen LogP contribution in [0.2, 0.25) is 0 Å². The largest absolute Gasteiger partial charge is 0.481 e. The fourth-order valence-electron chi connectivity index (χ4n) is 1.44. The van der Waals surface area contributed by atoms with Crippen LogP contribution in [0.5, 0.6) is 0 Å². The molecule has 6 nitrogen and oxygen atoms in total. The molecule has 0 aliphatic carbocycles. The maximum atomic E-state index is 11.3. The molecule has 6 heteroatoms. The van der Waals surface area contributed by atoms with E-state index >= 15 is 0 Å². The highest BCUT2D eigenvalue weighted by atomic mass is 16.5. The summed E-state index contributed by atoms with van der Waals surface area (Å²) >= 11 is 0. The molecule has 0 bridgehead atoms. The van der Waals surface area contributed by atoms with E-state index in [1.807, 2.05) is 0 Å². The lowest BCUT2D eigenvalue weighted by Crippen LogP contribution is -2.09. The summed E-state index contributed by atoms with van der Waals surface area (Å²) in [5, 5.41) is 11.5. The molecular formula is C12H16N2O4. The van der Waals surface area contributed by atoms with Crippen LogP contribution in [0.4, 0.5) is 5.82 Å². The van der Waals surface area contributed by atoms with E-state index in [0.717, 1.165) is 0 Å². The minimum atomic E-state index is -0.818. The number of ether oxygens (including phenoxy) is 1. The highest BCUT2D eigenvalue weighted by Crippen LogP contribution is 2.11. The van der Waals surface area contributed by atoms with Gasteiger partial charge in [0.2, 0.25) is 0 Å². The summed E-state index contributed by atoms with van der Waals surface area (Å²) in [5.74, 6) is -0.620. The van der Waals surface area contributed by atoms with Crippen molar-refractivity contribution in [2.75, 3.05) is 19.0 Å². The molecule has 0 fully saturated rings. The van der Waals surface area contributed by atoms with Gasteiger partial charge in [-0.25, -0.2) is 9.78 Å². The van der Waals surface area contributed by atoms with E-state index in [0.29, 0.717) is 30.0 Å². The zero-order valence-corrected chi connectivity index (χ0v) is 10.4. The molecular weight excluding hydrogens is 236 g/mol. The standard InChI is InChI=1S/C12H16N2O4/c1-8-9(12(17)18-2)5-6-10(14-8)13-7-3-4-11(15)16/h5-6H,3-4,7H2,1-2H3,(H,13,14)(H,15,16). The minimum absolute atomic E-state index is 0.117. The zero-order chi connectivity index (χ0) is 13.5. The van der Waals surface area contributed by atoms with Gasteiger partial charge in [0.05, 0.1) is 18.4 Å². The molecule has 1 rings (SSSR count). The van der Waals surface area contributed by atoms with Gasteiger partial charge in [-0.3, -0.25) is 4.79 Å². The molecule has 0 saturated carbocycles. The van der Waals surface area contributed by atoms with Crippen LogP contribution in [-0.2, 0) is 9.53 Å². The quantitative estimate of drug-likeness (QED) is 0.588. The van der Waals surface area contributed by atoms with Crippen molar-refractivity contribution in [2.45, 2.75) is 19.8 Å². The molecule has 0 amide bonds. The number of hydrogen-bond donors (Lipinski definition) is 2. The first-order valence-electron chi connectivity index (χ1n) is 5.56. The van der Waals surface area contributed by atoms with E-state index in [1.165, 1.54) is 7.11 Å². The smallest absolute Gasteiger partial charge is 0.339 e. The highest BCUT2D eigenvalue weighted by molar-refractivity contribution is 5.90. The molecule has 98 valence electrons. The minimum Gasteiger partial charge on any atom is -0.481 e. The van der Waals surface area contributed by atoms with Gasteiger partial charge in [-0.15, -0.1) is 0 Å². The average molecular weight is 252 g/mol. The van der Waals surface area contributed by atoms with Crippen molar-refractivity contribution in [3.63, 3.8) is 0 Å². The van der Waals surface area contributed by atoms with Crippen molar-refractivity contribution < 1.29 is 19.4 Å². The third-order valence-corrected chi connectivity index (χ3v) is 2.36. The van der Waals surface area contributed by atoms with Crippen molar-refractivity contribution >= 4 is 17.8 Å². The first kappa shape index (κ1) is 14.0. The number of esters is 1. The lowest BCUT2D eigenvalue weighted by atomic mass is 10.2. The summed E-state index contributed by atoms with van der Waals surface area (Å²) in [6.45, 7) is 2.24. The topological polar surface area (TPSA) is 88.5 Å². The van der Waals surface area contributed by atoms with Crippen LogP contribution in [0.15, 0.2) is 12.1 Å². The van der Waals surface area contributed by atoms with E-state index in [2.05, 4.69) is 15.0 Å². The Morgan fingerprint density at radius 2 is 2.17 bits per heavy atom. The lowest BCUT2D eigenvalue weighted by Gasteiger charge is -2.08. The molecule has 1 aromatic rings. The van der Waals surface area contributed by atoms with Gasteiger partial charge in [-0.2, -0.15) is 0 Å². The molecule has 2 N–H and O–H groups in total. The van der Waals surface area contributed by atoms with E-state index < -0.39 is 11.9 Å². The summed E-state index contributed by atoms with van der Waals surface area (Å²) in [4.78, 5) is 25.9. The second-order valence-corrected chi connectivity index (χ2v) is 3.75. The van der Waals surface area contributed by atoms with Crippen LogP contribution in [0.1, 0.15) is 28.9 Å². The van der Waals surface area contributed by atoms with E-state index in [1.54, 1.807) is 19.1 Å². The van der Waals surface area contributed by atoms with Crippen LogP contribution >= 0.6 is 0 Å². The maximum Gasteiger partial charge on any atom is 0.339 e. The first-order valence-corrected chi connectivity index (χ1v) is 5.56. The van der Waals surface area contributed by atoms with E-state index in [-0.39, 0.29) is 6.42 Å². The molecule has 0 atom stereocenters. The number of aromatic nitrogens is 1. The molecule has 0 aromatic carbocycles. The molecule has 0 aliphatic heterocycles. The molecule has 0 aliphatic rings. The molecule has 0 saturated heterocycles. The number of anilines is 1. The van der Waals surface area contributed by atoms with Crippen molar-refractivity contribution in [1.29, 1.82) is 0 Å². The second kappa shape index (κ2) is 6.58. The molecule has 1 aromatic heterocycles. The molecule has 0 spiro atoms. The van der Waals surface area contributed by atoms with Crippen molar-refractivity contribution in [3.05, 3.63) is 23.4 Å². The van der Waals surface area contributed by atoms with E-state index in [4.69, 9.17) is 5.11 Å². The average Bonchev–Trinajstić information content (AvgIpc) is 2.33. The number of carboxylic acids is 1. The van der Waals surface area contributed by atoms with Crippen molar-refractivity contribution in [2.24, 2.45) is 0 Å². The normalized spacial score (nSPS) is 9.89. The Morgan fingerprint density at radius 3 is 2.72 bits per heavy atom. The number of aryl methyl sites for hydroxylation is 1. The van der Waals surface area contributed by atoms with Crippen LogP contribution in [-0.4, -0.2) is 35.7 Å². The summed E-state index contributed by atoms with van der Waals surface area (Å²) in [7, 11) is 1.32. The third kappa shape index (κ3) is 4.04. The van der Waals surface area contributed by atoms with Crippen LogP contribution in [0.3, 0.4) is 0 Å². The number of hydrogen-bond acceptors (Lipinski definition) is 5. The molecule has 18 heavy (non-hydrogen) atoms. The Kier molecular flexibility index (Phi) is 5.10. The van der Waals surface area contributed by atoms with E-state index in [9.17, 15) is 9.59 Å². The predicted octanol–water partition coefficient (Wildman–Crippen LogP) is 1.45. The summed E-state index contributed by atoms with van der Waals surface area (Å²) < 4.78 is 4.62. The van der Waals surface area contributed by atoms with Gasteiger partial charge in [0, 0.05) is 13.0 Å². The van der Waals surface area contributed by atoms with Crippen LogP contribution in [0.25, 0.3) is 0 Å². The Labute approximate surface area is 105 Å². The Morgan fingerprint density at radius 1 is 1.44 bits per heavy atom. The predicted molar refractivity (Wildman–Crippen MR) is 65.7 cm³/mol. The zero-order valence-electron chi connectivity index (χ0n) is 10.4. The van der Waals surface area contributed by atoms with Crippen LogP contribution in [0, 0.1) is 6.92 Å². The number of carbonyl (C=O) groups excluding carboxylic acids is 1.